The van der Waals surface area contributed by atoms with Gasteiger partial charge in [-0.3, -0.25) is 0 Å². The van der Waals surface area contributed by atoms with Crippen LogP contribution in [0.3, 0.4) is 0 Å². The molecule has 100 valence electrons. The Bertz CT molecular complexity index is 218. The average molecular weight is 240 g/mol. The Hall–Kier alpha value is -0.120. The lowest BCUT2D eigenvalue weighted by Gasteiger charge is -2.37. The molecule has 3 nitrogen and oxygen atoms in total. The number of aliphatic hydroxyl groups is 1. The molecule has 1 heterocycles. The second-order valence-corrected chi connectivity index (χ2v) is 6.15. The van der Waals surface area contributed by atoms with Crippen molar-refractivity contribution in [3.8, 4) is 0 Å². The minimum Gasteiger partial charge on any atom is -0.393 e. The van der Waals surface area contributed by atoms with Crippen molar-refractivity contribution in [3.05, 3.63) is 0 Å². The molecule has 0 spiro atoms. The molecular weight excluding hydrogens is 212 g/mol. The maximum atomic E-state index is 9.54. The Labute approximate surface area is 106 Å². The van der Waals surface area contributed by atoms with E-state index in [1.807, 2.05) is 0 Å². The lowest BCUT2D eigenvalue weighted by molar-refractivity contribution is 0.0717. The van der Waals surface area contributed by atoms with Gasteiger partial charge in [0.05, 0.1) is 6.10 Å². The first kappa shape index (κ1) is 13.3. The average Bonchev–Trinajstić information content (AvgIpc) is 2.33. The molecule has 0 amide bonds. The minimum atomic E-state index is -0.0250. The molecule has 1 aliphatic carbocycles. The van der Waals surface area contributed by atoms with E-state index in [4.69, 9.17) is 0 Å². The van der Waals surface area contributed by atoms with E-state index in [1.165, 1.54) is 45.3 Å². The van der Waals surface area contributed by atoms with Crippen LogP contribution >= 0.6 is 0 Å². The highest BCUT2D eigenvalue weighted by Crippen LogP contribution is 2.24. The van der Waals surface area contributed by atoms with E-state index in [9.17, 15) is 5.11 Å². The molecule has 1 saturated heterocycles. The molecule has 0 aromatic carbocycles. The maximum absolute atomic E-state index is 9.54. The van der Waals surface area contributed by atoms with Gasteiger partial charge in [-0.15, -0.1) is 0 Å². The second kappa shape index (κ2) is 6.17. The van der Waals surface area contributed by atoms with Gasteiger partial charge in [-0.05, 0) is 71.6 Å². The molecule has 3 heteroatoms. The molecule has 0 aromatic heterocycles. The standard InChI is InChI=1S/C14H28N2O/c1-15-9-7-12(8-10-15)11-16(2)13-3-5-14(17)6-4-13/h12-14,17H,3-11H2,1-2H3. The van der Waals surface area contributed by atoms with Gasteiger partial charge in [-0.2, -0.15) is 0 Å². The fourth-order valence-corrected chi connectivity index (χ4v) is 3.30. The lowest BCUT2D eigenvalue weighted by atomic mass is 9.90. The Balaban J connectivity index is 1.71. The highest BCUT2D eigenvalue weighted by Gasteiger charge is 2.25. The molecule has 2 rings (SSSR count). The van der Waals surface area contributed by atoms with Crippen LogP contribution in [0, 0.1) is 5.92 Å². The molecule has 2 fully saturated rings. The molecule has 0 atom stereocenters. The van der Waals surface area contributed by atoms with Crippen LogP contribution in [0.4, 0.5) is 0 Å². The number of nitrogens with zero attached hydrogens (tertiary/aromatic N) is 2. The Morgan fingerprint density at radius 3 is 2.24 bits per heavy atom. The molecule has 0 bridgehead atoms. The van der Waals surface area contributed by atoms with Crippen molar-refractivity contribution in [1.29, 1.82) is 0 Å². The maximum Gasteiger partial charge on any atom is 0.0541 e. The number of hydrogen-bond acceptors (Lipinski definition) is 3. The van der Waals surface area contributed by atoms with Crippen LogP contribution in [-0.2, 0) is 0 Å². The van der Waals surface area contributed by atoms with Crippen molar-refractivity contribution in [2.75, 3.05) is 33.7 Å². The van der Waals surface area contributed by atoms with Gasteiger partial charge in [0.25, 0.3) is 0 Å². The van der Waals surface area contributed by atoms with Crippen molar-refractivity contribution in [2.45, 2.75) is 50.7 Å². The molecule has 1 N–H and O–H groups in total. The second-order valence-electron chi connectivity index (χ2n) is 6.15. The predicted octanol–water partition coefficient (Wildman–Crippen LogP) is 1.56. The van der Waals surface area contributed by atoms with Gasteiger partial charge in [-0.1, -0.05) is 0 Å². The fraction of sp³-hybridized carbons (Fsp3) is 1.00. The summed E-state index contributed by atoms with van der Waals surface area (Å²) < 4.78 is 0. The quantitative estimate of drug-likeness (QED) is 0.811. The van der Waals surface area contributed by atoms with E-state index in [2.05, 4.69) is 23.9 Å². The summed E-state index contributed by atoms with van der Waals surface area (Å²) in [5, 5.41) is 9.54. The summed E-state index contributed by atoms with van der Waals surface area (Å²) in [6, 6.07) is 0.720. The van der Waals surface area contributed by atoms with E-state index in [1.54, 1.807) is 0 Å². The monoisotopic (exact) mass is 240 g/mol. The third kappa shape index (κ3) is 3.94. The van der Waals surface area contributed by atoms with Gasteiger partial charge >= 0.3 is 0 Å². The Morgan fingerprint density at radius 2 is 1.65 bits per heavy atom. The molecular formula is C14H28N2O. The molecule has 0 radical (unpaired) electrons. The van der Waals surface area contributed by atoms with Crippen LogP contribution in [0.1, 0.15) is 38.5 Å². The first-order valence-corrected chi connectivity index (χ1v) is 7.22. The summed E-state index contributed by atoms with van der Waals surface area (Å²) in [5.74, 6) is 0.892. The van der Waals surface area contributed by atoms with Crippen LogP contribution in [-0.4, -0.2) is 60.8 Å². The fourth-order valence-electron chi connectivity index (χ4n) is 3.30. The normalized spacial score (nSPS) is 33.2. The number of likely N-dealkylation sites (tertiary alicyclic amines) is 1. The summed E-state index contributed by atoms with van der Waals surface area (Å²) in [5.41, 5.74) is 0. The zero-order valence-corrected chi connectivity index (χ0v) is 11.4. The third-order valence-corrected chi connectivity index (χ3v) is 4.67. The largest absolute Gasteiger partial charge is 0.393 e. The van der Waals surface area contributed by atoms with Gasteiger partial charge in [0, 0.05) is 12.6 Å². The van der Waals surface area contributed by atoms with Crippen molar-refractivity contribution >= 4 is 0 Å². The van der Waals surface area contributed by atoms with Crippen LogP contribution in [0.25, 0.3) is 0 Å². The molecule has 0 unspecified atom stereocenters. The van der Waals surface area contributed by atoms with Crippen molar-refractivity contribution in [2.24, 2.45) is 5.92 Å². The van der Waals surface area contributed by atoms with Gasteiger partial charge < -0.3 is 14.9 Å². The Kier molecular flexibility index (Phi) is 4.83. The number of aliphatic hydroxyl groups excluding tert-OH is 1. The minimum absolute atomic E-state index is 0.0250. The van der Waals surface area contributed by atoms with Crippen LogP contribution in [0.15, 0.2) is 0 Å². The summed E-state index contributed by atoms with van der Waals surface area (Å²) in [6.07, 6.45) is 7.06. The van der Waals surface area contributed by atoms with Gasteiger partial charge in [0.1, 0.15) is 0 Å². The summed E-state index contributed by atoms with van der Waals surface area (Å²) >= 11 is 0. The summed E-state index contributed by atoms with van der Waals surface area (Å²) in [6.45, 7) is 3.79. The number of rotatable bonds is 3. The van der Waals surface area contributed by atoms with Gasteiger partial charge in [0.15, 0.2) is 0 Å². The number of hydrogen-bond donors (Lipinski definition) is 1. The van der Waals surface area contributed by atoms with Crippen LogP contribution in [0.2, 0.25) is 0 Å². The summed E-state index contributed by atoms with van der Waals surface area (Å²) in [4.78, 5) is 5.00. The van der Waals surface area contributed by atoms with Gasteiger partial charge in [0.2, 0.25) is 0 Å². The molecule has 1 saturated carbocycles. The zero-order valence-electron chi connectivity index (χ0n) is 11.4. The highest BCUT2D eigenvalue weighted by molar-refractivity contribution is 4.80. The van der Waals surface area contributed by atoms with Crippen molar-refractivity contribution in [1.82, 2.24) is 9.80 Å². The topological polar surface area (TPSA) is 26.7 Å². The molecule has 0 aromatic rings. The van der Waals surface area contributed by atoms with E-state index in [0.717, 1.165) is 24.8 Å². The smallest absolute Gasteiger partial charge is 0.0541 e. The number of piperidine rings is 1. The van der Waals surface area contributed by atoms with E-state index >= 15 is 0 Å². The molecule has 2 aliphatic rings. The molecule has 1 aliphatic heterocycles. The van der Waals surface area contributed by atoms with E-state index in [0.29, 0.717) is 0 Å². The van der Waals surface area contributed by atoms with Crippen LogP contribution in [0.5, 0.6) is 0 Å². The Morgan fingerprint density at radius 1 is 1.06 bits per heavy atom. The van der Waals surface area contributed by atoms with Gasteiger partial charge in [-0.25, -0.2) is 0 Å². The first-order chi connectivity index (χ1) is 8.15. The first-order valence-electron chi connectivity index (χ1n) is 7.22. The predicted molar refractivity (Wildman–Crippen MR) is 71.1 cm³/mol. The van der Waals surface area contributed by atoms with Crippen LogP contribution < -0.4 is 0 Å². The van der Waals surface area contributed by atoms with Crippen molar-refractivity contribution < 1.29 is 5.11 Å². The van der Waals surface area contributed by atoms with E-state index in [-0.39, 0.29) is 6.10 Å². The zero-order chi connectivity index (χ0) is 12.3. The summed E-state index contributed by atoms with van der Waals surface area (Å²) in [7, 11) is 4.50. The molecule has 17 heavy (non-hydrogen) atoms. The van der Waals surface area contributed by atoms with Crippen molar-refractivity contribution in [3.63, 3.8) is 0 Å². The third-order valence-electron chi connectivity index (χ3n) is 4.67. The lowest BCUT2D eigenvalue weighted by Crippen LogP contribution is -2.41. The highest BCUT2D eigenvalue weighted by atomic mass is 16.3. The SMILES string of the molecule is CN1CCC(CN(C)C2CCC(O)CC2)CC1. The van der Waals surface area contributed by atoms with E-state index < -0.39 is 0 Å².